The summed E-state index contributed by atoms with van der Waals surface area (Å²) in [7, 11) is 0. The molecule has 2 aromatic heterocycles. The minimum Gasteiger partial charge on any atom is -0.456 e. The zero-order valence-corrected chi connectivity index (χ0v) is 13.8. The Balaban J connectivity index is 1.85. The zero-order valence-electron chi connectivity index (χ0n) is 13.8. The van der Waals surface area contributed by atoms with Gasteiger partial charge in [0, 0.05) is 10.9 Å². The average molecular weight is 364 g/mol. The molecule has 3 nitrogen and oxygen atoms in total. The monoisotopic (exact) mass is 364 g/mol. The second-order valence-corrected chi connectivity index (χ2v) is 5.90. The lowest BCUT2D eigenvalue weighted by molar-refractivity contribution is -0.137. The van der Waals surface area contributed by atoms with Crippen LogP contribution in [-0.4, -0.2) is 4.98 Å². The molecular formula is C21H11F3N2O. The van der Waals surface area contributed by atoms with Gasteiger partial charge in [0.2, 0.25) is 0 Å². The number of hydrogen-bond donors (Lipinski definition) is 0. The molecule has 0 unspecified atom stereocenters. The highest BCUT2D eigenvalue weighted by atomic mass is 19.4. The first-order valence-corrected chi connectivity index (χ1v) is 8.04. The summed E-state index contributed by atoms with van der Waals surface area (Å²) in [5.41, 5.74) is 0.421. The van der Waals surface area contributed by atoms with E-state index in [1.165, 1.54) is 24.3 Å². The maximum Gasteiger partial charge on any atom is 0.417 e. The van der Waals surface area contributed by atoms with Crippen molar-refractivity contribution < 1.29 is 17.6 Å². The first kappa shape index (κ1) is 16.9. The van der Waals surface area contributed by atoms with E-state index in [-0.39, 0.29) is 22.8 Å². The van der Waals surface area contributed by atoms with E-state index in [2.05, 4.69) is 4.98 Å². The number of benzene rings is 2. The fraction of sp³-hybridized carbons (Fsp3) is 0.0476. The van der Waals surface area contributed by atoms with E-state index in [9.17, 15) is 18.4 Å². The van der Waals surface area contributed by atoms with Gasteiger partial charge in [-0.1, -0.05) is 36.4 Å². The molecular weight excluding hydrogens is 353 g/mol. The summed E-state index contributed by atoms with van der Waals surface area (Å²) in [6, 6.07) is 19.3. The highest BCUT2D eigenvalue weighted by Gasteiger charge is 2.34. The number of fused-ring (bicyclic) bond motifs is 1. The molecule has 0 saturated carbocycles. The molecule has 4 rings (SSSR count). The van der Waals surface area contributed by atoms with Crippen molar-refractivity contribution in [1.82, 2.24) is 4.98 Å². The summed E-state index contributed by atoms with van der Waals surface area (Å²) in [6.45, 7) is 0. The van der Waals surface area contributed by atoms with Crippen molar-refractivity contribution in [2.45, 2.75) is 6.18 Å². The molecule has 27 heavy (non-hydrogen) atoms. The summed E-state index contributed by atoms with van der Waals surface area (Å²) in [4.78, 5) is 4.31. The maximum absolute atomic E-state index is 13.3. The van der Waals surface area contributed by atoms with E-state index in [1.54, 1.807) is 18.2 Å². The molecule has 0 aliphatic heterocycles. The fourth-order valence-corrected chi connectivity index (χ4v) is 2.96. The van der Waals surface area contributed by atoms with Gasteiger partial charge in [-0.2, -0.15) is 18.4 Å². The second-order valence-electron chi connectivity index (χ2n) is 5.90. The van der Waals surface area contributed by atoms with Gasteiger partial charge < -0.3 is 4.42 Å². The Morgan fingerprint density at radius 3 is 2.26 bits per heavy atom. The molecule has 0 fully saturated rings. The number of rotatable bonds is 2. The number of nitrogens with zero attached hydrogens (tertiary/aromatic N) is 2. The molecule has 0 bridgehead atoms. The van der Waals surface area contributed by atoms with E-state index in [4.69, 9.17) is 4.42 Å². The summed E-state index contributed by atoms with van der Waals surface area (Å²) < 4.78 is 45.5. The van der Waals surface area contributed by atoms with E-state index >= 15 is 0 Å². The number of halogens is 3. The SMILES string of the molecule is N#Cc1nc2ccccc2cc1-c1ccc(-c2ccccc2C(F)(F)F)o1. The smallest absolute Gasteiger partial charge is 0.417 e. The molecule has 2 heterocycles. The predicted molar refractivity (Wildman–Crippen MR) is 94.6 cm³/mol. The zero-order chi connectivity index (χ0) is 19.0. The van der Waals surface area contributed by atoms with Crippen LogP contribution >= 0.6 is 0 Å². The van der Waals surface area contributed by atoms with Crippen LogP contribution in [0.4, 0.5) is 13.2 Å². The van der Waals surface area contributed by atoms with Gasteiger partial charge in [0.15, 0.2) is 5.69 Å². The van der Waals surface area contributed by atoms with Crippen LogP contribution in [0.25, 0.3) is 33.6 Å². The number of para-hydroxylation sites is 1. The van der Waals surface area contributed by atoms with Crippen molar-refractivity contribution in [2.75, 3.05) is 0 Å². The van der Waals surface area contributed by atoms with Crippen LogP contribution in [0.5, 0.6) is 0 Å². The van der Waals surface area contributed by atoms with E-state index in [1.807, 2.05) is 24.3 Å². The van der Waals surface area contributed by atoms with Crippen LogP contribution in [0.15, 0.2) is 71.1 Å². The van der Waals surface area contributed by atoms with E-state index < -0.39 is 11.7 Å². The van der Waals surface area contributed by atoms with Crippen molar-refractivity contribution in [3.8, 4) is 28.7 Å². The summed E-state index contributed by atoms with van der Waals surface area (Å²) in [6.07, 6.45) is -4.49. The second kappa shape index (κ2) is 6.29. The normalized spacial score (nSPS) is 11.5. The number of hydrogen-bond acceptors (Lipinski definition) is 3. The van der Waals surface area contributed by atoms with E-state index in [0.29, 0.717) is 11.1 Å². The third-order valence-corrected chi connectivity index (χ3v) is 4.20. The number of pyridine rings is 1. The van der Waals surface area contributed by atoms with Gasteiger partial charge >= 0.3 is 6.18 Å². The van der Waals surface area contributed by atoms with Crippen LogP contribution in [0, 0.1) is 11.3 Å². The first-order chi connectivity index (χ1) is 13.0. The molecule has 0 N–H and O–H groups in total. The van der Waals surface area contributed by atoms with Crippen LogP contribution in [0.1, 0.15) is 11.3 Å². The molecule has 0 radical (unpaired) electrons. The number of aromatic nitrogens is 1. The summed E-state index contributed by atoms with van der Waals surface area (Å²) >= 11 is 0. The molecule has 0 spiro atoms. The van der Waals surface area contributed by atoms with Crippen LogP contribution in [0.3, 0.4) is 0 Å². The van der Waals surface area contributed by atoms with Crippen molar-refractivity contribution in [1.29, 1.82) is 5.26 Å². The Hall–Kier alpha value is -3.59. The quantitative estimate of drug-likeness (QED) is 0.435. The average Bonchev–Trinajstić information content (AvgIpc) is 3.16. The Kier molecular flexibility index (Phi) is 3.93. The highest BCUT2D eigenvalue weighted by Crippen LogP contribution is 2.39. The number of furan rings is 1. The lowest BCUT2D eigenvalue weighted by Gasteiger charge is -2.10. The Labute approximate surface area is 152 Å². The predicted octanol–water partition coefficient (Wildman–Crippen LogP) is 6.05. The minimum absolute atomic E-state index is 0.0523. The van der Waals surface area contributed by atoms with Crippen LogP contribution in [-0.2, 0) is 6.18 Å². The van der Waals surface area contributed by atoms with Crippen molar-refractivity contribution in [3.63, 3.8) is 0 Å². The fourth-order valence-electron chi connectivity index (χ4n) is 2.96. The van der Waals surface area contributed by atoms with Gasteiger partial charge in [0.05, 0.1) is 16.6 Å². The van der Waals surface area contributed by atoms with E-state index in [0.717, 1.165) is 11.5 Å². The molecule has 0 atom stereocenters. The van der Waals surface area contributed by atoms with Crippen molar-refractivity contribution in [3.05, 3.63) is 78.0 Å². The molecule has 2 aromatic carbocycles. The molecule has 0 amide bonds. The highest BCUT2D eigenvalue weighted by molar-refractivity contribution is 5.85. The molecule has 132 valence electrons. The third-order valence-electron chi connectivity index (χ3n) is 4.20. The summed E-state index contributed by atoms with van der Waals surface area (Å²) in [5, 5.41) is 10.2. The molecule has 0 aliphatic carbocycles. The number of alkyl halides is 3. The topological polar surface area (TPSA) is 49.8 Å². The lowest BCUT2D eigenvalue weighted by atomic mass is 10.1. The molecule has 4 aromatic rings. The largest absolute Gasteiger partial charge is 0.456 e. The van der Waals surface area contributed by atoms with Gasteiger partial charge in [-0.25, -0.2) is 4.98 Å². The van der Waals surface area contributed by atoms with Gasteiger partial charge in [-0.3, -0.25) is 0 Å². The Morgan fingerprint density at radius 2 is 1.52 bits per heavy atom. The summed E-state index contributed by atoms with van der Waals surface area (Å²) in [5.74, 6) is 0.367. The standard InChI is InChI=1S/C21H11F3N2O/c22-21(23,24)16-7-3-2-6-14(16)19-9-10-20(27-19)15-11-13-5-1-4-8-17(13)26-18(15)12-25/h1-11H. The lowest BCUT2D eigenvalue weighted by Crippen LogP contribution is -2.06. The van der Waals surface area contributed by atoms with Crippen LogP contribution in [0.2, 0.25) is 0 Å². The van der Waals surface area contributed by atoms with Gasteiger partial charge in [-0.05, 0) is 30.3 Å². The molecule has 6 heteroatoms. The Morgan fingerprint density at radius 1 is 0.852 bits per heavy atom. The van der Waals surface area contributed by atoms with Gasteiger partial charge in [0.1, 0.15) is 17.6 Å². The molecule has 0 aliphatic rings. The maximum atomic E-state index is 13.3. The van der Waals surface area contributed by atoms with Gasteiger partial charge in [0.25, 0.3) is 0 Å². The minimum atomic E-state index is -4.49. The third kappa shape index (κ3) is 3.04. The van der Waals surface area contributed by atoms with Crippen molar-refractivity contribution >= 4 is 10.9 Å². The Bertz CT molecular complexity index is 1190. The van der Waals surface area contributed by atoms with Crippen LogP contribution < -0.4 is 0 Å². The van der Waals surface area contributed by atoms with Gasteiger partial charge in [-0.15, -0.1) is 0 Å². The van der Waals surface area contributed by atoms with Crippen molar-refractivity contribution in [2.24, 2.45) is 0 Å². The molecule has 0 saturated heterocycles. The number of nitriles is 1. The first-order valence-electron chi connectivity index (χ1n) is 8.04.